The summed E-state index contributed by atoms with van der Waals surface area (Å²) in [5, 5.41) is 0. The Hall–Kier alpha value is -0.850. The van der Waals surface area contributed by atoms with E-state index in [2.05, 4.69) is 38.1 Å². The van der Waals surface area contributed by atoms with Crippen LogP contribution < -0.4 is 0 Å². The van der Waals surface area contributed by atoms with Gasteiger partial charge in [0.15, 0.2) is 0 Å². The minimum Gasteiger partial charge on any atom is -0.255 e. The molecule has 1 rings (SSSR count). The van der Waals surface area contributed by atoms with Crippen LogP contribution in [0.25, 0.3) is 0 Å². The zero-order valence-electron chi connectivity index (χ0n) is 9.34. The van der Waals surface area contributed by atoms with Crippen molar-refractivity contribution in [2.45, 2.75) is 33.6 Å². The van der Waals surface area contributed by atoms with Gasteiger partial charge in [0.05, 0.1) is 7.18 Å². The number of rotatable bonds is 1. The van der Waals surface area contributed by atoms with Crippen LogP contribution in [-0.2, 0) is 0 Å². The fourth-order valence-electron chi connectivity index (χ4n) is 0.838. The van der Waals surface area contributed by atoms with Crippen LogP contribution in [0.15, 0.2) is 30.3 Å². The highest BCUT2D eigenvalue weighted by Crippen LogP contribution is 2.11. The second-order valence-electron chi connectivity index (χ2n) is 2.57. The van der Waals surface area contributed by atoms with E-state index in [0.717, 1.165) is 0 Å². The van der Waals surface area contributed by atoms with Crippen molar-refractivity contribution in [2.24, 2.45) is 0 Å². The fourth-order valence-corrected chi connectivity index (χ4v) is 0.838. The Morgan fingerprint density at radius 1 is 0.923 bits per heavy atom. The van der Waals surface area contributed by atoms with Crippen LogP contribution in [0.2, 0.25) is 0 Å². The van der Waals surface area contributed by atoms with Crippen LogP contribution in [0.3, 0.4) is 0 Å². The molecule has 0 radical (unpaired) electrons. The maximum Gasteiger partial charge on any atom is 0.0785 e. The number of hydrogen-bond donors (Lipinski definition) is 0. The summed E-state index contributed by atoms with van der Waals surface area (Å²) in [4.78, 5) is 0. The van der Waals surface area contributed by atoms with Gasteiger partial charge in [-0.15, -0.1) is 0 Å². The molecular weight excluding hydrogens is 163 g/mol. The lowest BCUT2D eigenvalue weighted by atomic mass is 10.0. The van der Waals surface area contributed by atoms with E-state index in [4.69, 9.17) is 0 Å². The quantitative estimate of drug-likeness (QED) is 0.606. The Balaban J connectivity index is 0. The van der Waals surface area contributed by atoms with Crippen molar-refractivity contribution in [3.63, 3.8) is 0 Å². The third kappa shape index (κ3) is 7.51. The normalized spacial score (nSPS) is 7.92. The van der Waals surface area contributed by atoms with Crippen LogP contribution in [0.5, 0.6) is 0 Å². The van der Waals surface area contributed by atoms with Crippen molar-refractivity contribution in [1.29, 1.82) is 0 Å². The molecule has 0 aliphatic heterocycles. The van der Waals surface area contributed by atoms with Crippen LogP contribution >= 0.6 is 0 Å². The number of hydrogen-bond acceptors (Lipinski definition) is 0. The molecule has 0 saturated carbocycles. The summed E-state index contributed by atoms with van der Waals surface area (Å²) >= 11 is 0. The molecule has 0 fully saturated rings. The van der Waals surface area contributed by atoms with Crippen molar-refractivity contribution in [2.75, 3.05) is 7.18 Å². The molecule has 0 N–H and O–H groups in total. The fraction of sp³-hybridized carbons (Fsp3) is 0.500. The molecule has 13 heavy (non-hydrogen) atoms. The van der Waals surface area contributed by atoms with E-state index in [1.54, 1.807) is 0 Å². The van der Waals surface area contributed by atoms with E-state index in [0.29, 0.717) is 13.1 Å². The van der Waals surface area contributed by atoms with Gasteiger partial charge in [-0.2, -0.15) is 0 Å². The smallest absolute Gasteiger partial charge is 0.0785 e. The molecule has 0 aliphatic rings. The lowest BCUT2D eigenvalue weighted by Gasteiger charge is -2.01. The molecular formula is C12H21F. The highest BCUT2D eigenvalue weighted by molar-refractivity contribution is 5.17. The van der Waals surface area contributed by atoms with Crippen molar-refractivity contribution in [3.8, 4) is 0 Å². The molecule has 0 aliphatic carbocycles. The molecule has 0 spiro atoms. The van der Waals surface area contributed by atoms with E-state index >= 15 is 0 Å². The molecule has 1 heteroatoms. The second kappa shape index (κ2) is 11.2. The van der Waals surface area contributed by atoms with Gasteiger partial charge in [-0.1, -0.05) is 58.0 Å². The van der Waals surface area contributed by atoms with Crippen LogP contribution in [0, 0.1) is 0 Å². The monoisotopic (exact) mass is 184 g/mol. The third-order valence-electron chi connectivity index (χ3n) is 1.47. The molecule has 0 unspecified atom stereocenters. The Morgan fingerprint density at radius 3 is 1.54 bits per heavy atom. The van der Waals surface area contributed by atoms with E-state index < -0.39 is 0 Å². The van der Waals surface area contributed by atoms with Gasteiger partial charge in [0.2, 0.25) is 0 Å². The minimum absolute atomic E-state index is 0.500. The Bertz CT molecular complexity index is 168. The molecule has 0 nitrogen and oxygen atoms in total. The minimum atomic E-state index is 0.500. The SMILES string of the molecule is CC.CC(C)c1ccccc1.CF. The zero-order chi connectivity index (χ0) is 10.7. The standard InChI is InChI=1S/C9H12.C2H6.CH3F/c1-8(2)9-6-4-3-5-7-9;2*1-2/h3-8H,1-2H3;1-2H3;1H3. The molecule has 0 amide bonds. The van der Waals surface area contributed by atoms with Gasteiger partial charge in [0, 0.05) is 0 Å². The molecule has 76 valence electrons. The highest BCUT2D eigenvalue weighted by atomic mass is 19.1. The molecule has 0 heterocycles. The van der Waals surface area contributed by atoms with Crippen LogP contribution in [0.1, 0.15) is 39.2 Å². The third-order valence-corrected chi connectivity index (χ3v) is 1.47. The largest absolute Gasteiger partial charge is 0.255 e. The zero-order valence-corrected chi connectivity index (χ0v) is 9.34. The first kappa shape index (κ1) is 14.7. The van der Waals surface area contributed by atoms with Gasteiger partial charge in [0.25, 0.3) is 0 Å². The summed E-state index contributed by atoms with van der Waals surface area (Å²) < 4.78 is 9.50. The number of halogens is 1. The summed E-state index contributed by atoms with van der Waals surface area (Å²) in [5.41, 5.74) is 1.41. The topological polar surface area (TPSA) is 0 Å². The number of benzene rings is 1. The molecule has 0 atom stereocenters. The Kier molecular flexibility index (Phi) is 12.6. The van der Waals surface area contributed by atoms with E-state index in [-0.39, 0.29) is 0 Å². The van der Waals surface area contributed by atoms with E-state index in [1.807, 2.05) is 19.9 Å². The van der Waals surface area contributed by atoms with Crippen LogP contribution in [0.4, 0.5) is 4.39 Å². The summed E-state index contributed by atoms with van der Waals surface area (Å²) in [6.07, 6.45) is 0. The lowest BCUT2D eigenvalue weighted by molar-refractivity contribution is 0.636. The lowest BCUT2D eigenvalue weighted by Crippen LogP contribution is -1.83. The van der Waals surface area contributed by atoms with Crippen molar-refractivity contribution in [1.82, 2.24) is 0 Å². The Morgan fingerprint density at radius 2 is 1.31 bits per heavy atom. The van der Waals surface area contributed by atoms with Gasteiger partial charge in [0.1, 0.15) is 0 Å². The highest BCUT2D eigenvalue weighted by Gasteiger charge is 1.93. The molecule has 1 aromatic rings. The van der Waals surface area contributed by atoms with Crippen molar-refractivity contribution >= 4 is 0 Å². The summed E-state index contributed by atoms with van der Waals surface area (Å²) in [7, 11) is 0.500. The van der Waals surface area contributed by atoms with Crippen LogP contribution in [-0.4, -0.2) is 7.18 Å². The van der Waals surface area contributed by atoms with Gasteiger partial charge < -0.3 is 0 Å². The van der Waals surface area contributed by atoms with Gasteiger partial charge in [-0.25, -0.2) is 0 Å². The van der Waals surface area contributed by atoms with Crippen molar-refractivity contribution in [3.05, 3.63) is 35.9 Å². The molecule has 0 bridgehead atoms. The molecule has 0 aromatic heterocycles. The van der Waals surface area contributed by atoms with Crippen molar-refractivity contribution < 1.29 is 4.39 Å². The van der Waals surface area contributed by atoms with E-state index in [9.17, 15) is 4.39 Å². The second-order valence-corrected chi connectivity index (χ2v) is 2.57. The average Bonchev–Trinajstić information content (AvgIpc) is 2.25. The Labute approximate surface area is 81.8 Å². The predicted molar refractivity (Wildman–Crippen MR) is 58.9 cm³/mol. The summed E-state index contributed by atoms with van der Waals surface area (Å²) in [5.74, 6) is 0.659. The average molecular weight is 184 g/mol. The van der Waals surface area contributed by atoms with E-state index in [1.165, 1.54) is 5.56 Å². The van der Waals surface area contributed by atoms with Gasteiger partial charge >= 0.3 is 0 Å². The van der Waals surface area contributed by atoms with Gasteiger partial charge in [-0.05, 0) is 11.5 Å². The van der Waals surface area contributed by atoms with Gasteiger partial charge in [-0.3, -0.25) is 4.39 Å². The summed E-state index contributed by atoms with van der Waals surface area (Å²) in [6.45, 7) is 8.41. The first-order valence-electron chi connectivity index (χ1n) is 4.73. The maximum atomic E-state index is 9.50. The first-order chi connectivity index (χ1) is 6.30. The predicted octanol–water partition coefficient (Wildman–Crippen LogP) is 4.42. The first-order valence-corrected chi connectivity index (χ1v) is 4.73. The molecule has 0 saturated heterocycles. The molecule has 1 aromatic carbocycles. The maximum absolute atomic E-state index is 9.50. The number of alkyl halides is 1. The summed E-state index contributed by atoms with van der Waals surface area (Å²) in [6, 6.07) is 10.5.